The number of amides is 2. The van der Waals surface area contributed by atoms with Crippen molar-refractivity contribution >= 4 is 39.1 Å². The number of nitrogens with zero attached hydrogens (tertiary/aromatic N) is 2. The van der Waals surface area contributed by atoms with Crippen LogP contribution in [0.3, 0.4) is 0 Å². The summed E-state index contributed by atoms with van der Waals surface area (Å²) >= 11 is 6.01. The van der Waals surface area contributed by atoms with Crippen LogP contribution in [0.25, 0.3) is 0 Å². The molecule has 0 aliphatic heterocycles. The number of ether oxygens (including phenoxy) is 1. The summed E-state index contributed by atoms with van der Waals surface area (Å²) in [6.45, 7) is 3.69. The molecule has 2 amide bonds. The molecule has 0 bridgehead atoms. The first-order valence-corrected chi connectivity index (χ1v) is 14.4. The summed E-state index contributed by atoms with van der Waals surface area (Å²) in [4.78, 5) is 28.1. The Morgan fingerprint density at radius 3 is 2.25 bits per heavy atom. The van der Waals surface area contributed by atoms with Crippen LogP contribution in [0.15, 0.2) is 48.5 Å². The van der Waals surface area contributed by atoms with Gasteiger partial charge in [-0.25, -0.2) is 8.42 Å². The summed E-state index contributed by atoms with van der Waals surface area (Å²) in [6.07, 6.45) is 5.03. The third-order valence-electron chi connectivity index (χ3n) is 6.25. The Morgan fingerprint density at radius 1 is 1.08 bits per heavy atom. The Morgan fingerprint density at radius 2 is 1.69 bits per heavy atom. The van der Waals surface area contributed by atoms with Crippen LogP contribution in [0, 0.1) is 0 Å². The monoisotopic (exact) mass is 535 g/mol. The standard InChI is InChI=1S/C26H34ClN3O5S/c1-4-35-24-15-13-23(14-16-24)30(36(3,33)34)18-25(31)29(17-20-9-11-21(27)12-10-20)19(2)26(32)28-22-7-5-6-8-22/h9-16,19,22H,4-8,17-18H2,1-3H3,(H,28,32)/t19-/m1/s1. The third-order valence-corrected chi connectivity index (χ3v) is 7.64. The molecule has 3 rings (SSSR count). The average molecular weight is 536 g/mol. The first-order chi connectivity index (χ1) is 17.1. The molecule has 196 valence electrons. The summed E-state index contributed by atoms with van der Waals surface area (Å²) < 4.78 is 31.8. The van der Waals surface area contributed by atoms with Gasteiger partial charge < -0.3 is 15.0 Å². The lowest BCUT2D eigenvalue weighted by atomic mass is 10.1. The lowest BCUT2D eigenvalue weighted by Gasteiger charge is -2.32. The Labute approximate surface area is 218 Å². The Balaban J connectivity index is 1.85. The molecule has 1 aliphatic rings. The van der Waals surface area contributed by atoms with Crippen molar-refractivity contribution in [3.05, 3.63) is 59.1 Å². The first kappa shape index (κ1) is 27.8. The Bertz CT molecular complexity index is 1130. The van der Waals surface area contributed by atoms with Crippen molar-refractivity contribution in [1.82, 2.24) is 10.2 Å². The molecule has 0 spiro atoms. The van der Waals surface area contributed by atoms with Crippen molar-refractivity contribution < 1.29 is 22.7 Å². The zero-order valence-corrected chi connectivity index (χ0v) is 22.5. The van der Waals surface area contributed by atoms with Gasteiger partial charge in [-0.1, -0.05) is 36.6 Å². The lowest BCUT2D eigenvalue weighted by molar-refractivity contribution is -0.139. The third kappa shape index (κ3) is 7.61. The molecule has 8 nitrogen and oxygen atoms in total. The van der Waals surface area contributed by atoms with Gasteiger partial charge in [-0.3, -0.25) is 13.9 Å². The number of benzene rings is 2. The van der Waals surface area contributed by atoms with Gasteiger partial charge >= 0.3 is 0 Å². The predicted octanol–water partition coefficient (Wildman–Crippen LogP) is 3.98. The fourth-order valence-corrected chi connectivity index (χ4v) is 5.23. The highest BCUT2D eigenvalue weighted by molar-refractivity contribution is 7.92. The molecule has 0 unspecified atom stereocenters. The van der Waals surface area contributed by atoms with Crippen molar-refractivity contribution in [3.63, 3.8) is 0 Å². The summed E-state index contributed by atoms with van der Waals surface area (Å²) in [5.41, 5.74) is 1.11. The molecule has 1 aliphatic carbocycles. The summed E-state index contributed by atoms with van der Waals surface area (Å²) in [5, 5.41) is 3.60. The molecule has 1 saturated carbocycles. The van der Waals surface area contributed by atoms with Crippen LogP contribution in [-0.2, 0) is 26.2 Å². The van der Waals surface area contributed by atoms with E-state index >= 15 is 0 Å². The largest absolute Gasteiger partial charge is 0.494 e. The van der Waals surface area contributed by atoms with E-state index in [1.807, 2.05) is 6.92 Å². The summed E-state index contributed by atoms with van der Waals surface area (Å²) in [6, 6.07) is 12.8. The van der Waals surface area contributed by atoms with E-state index in [9.17, 15) is 18.0 Å². The number of nitrogens with one attached hydrogen (secondary N) is 1. The van der Waals surface area contributed by atoms with E-state index in [0.29, 0.717) is 23.1 Å². The SMILES string of the molecule is CCOc1ccc(N(CC(=O)N(Cc2ccc(Cl)cc2)[C@H](C)C(=O)NC2CCCC2)S(C)(=O)=O)cc1. The minimum atomic E-state index is -3.79. The predicted molar refractivity (Wildman–Crippen MR) is 142 cm³/mol. The summed E-state index contributed by atoms with van der Waals surface area (Å²) in [7, 11) is -3.79. The molecule has 1 fully saturated rings. The average Bonchev–Trinajstić information content (AvgIpc) is 3.35. The fraction of sp³-hybridized carbons (Fsp3) is 0.462. The minimum absolute atomic E-state index is 0.101. The highest BCUT2D eigenvalue weighted by Gasteiger charge is 2.31. The maximum atomic E-state index is 13.6. The summed E-state index contributed by atoms with van der Waals surface area (Å²) in [5.74, 6) is -0.142. The highest BCUT2D eigenvalue weighted by Crippen LogP contribution is 2.23. The number of carbonyl (C=O) groups excluding carboxylic acids is 2. The molecular formula is C26H34ClN3O5S. The van der Waals surface area contributed by atoms with E-state index < -0.39 is 28.5 Å². The molecular weight excluding hydrogens is 502 g/mol. The van der Waals surface area contributed by atoms with Crippen LogP contribution in [0.1, 0.15) is 45.1 Å². The van der Waals surface area contributed by atoms with Crippen LogP contribution in [0.2, 0.25) is 5.02 Å². The molecule has 0 aromatic heterocycles. The van der Waals surface area contributed by atoms with E-state index in [4.69, 9.17) is 16.3 Å². The number of hydrogen-bond acceptors (Lipinski definition) is 5. The number of anilines is 1. The van der Waals surface area contributed by atoms with Crippen molar-refractivity contribution in [2.24, 2.45) is 0 Å². The lowest BCUT2D eigenvalue weighted by Crippen LogP contribution is -2.52. The molecule has 10 heteroatoms. The van der Waals surface area contributed by atoms with Gasteiger partial charge in [0.15, 0.2) is 0 Å². The number of hydrogen-bond donors (Lipinski definition) is 1. The van der Waals surface area contributed by atoms with Crippen LogP contribution in [-0.4, -0.2) is 56.6 Å². The van der Waals surface area contributed by atoms with Gasteiger partial charge in [-0.15, -0.1) is 0 Å². The van der Waals surface area contributed by atoms with Crippen molar-refractivity contribution in [1.29, 1.82) is 0 Å². The van der Waals surface area contributed by atoms with E-state index in [2.05, 4.69) is 5.32 Å². The first-order valence-electron chi connectivity index (χ1n) is 12.1. The van der Waals surface area contributed by atoms with E-state index in [-0.39, 0.29) is 18.5 Å². The van der Waals surface area contributed by atoms with Crippen LogP contribution in [0.5, 0.6) is 5.75 Å². The molecule has 1 N–H and O–H groups in total. The van der Waals surface area contributed by atoms with Gasteiger partial charge in [0, 0.05) is 17.6 Å². The van der Waals surface area contributed by atoms with Gasteiger partial charge in [0.1, 0.15) is 18.3 Å². The normalized spacial score (nSPS) is 14.8. The molecule has 2 aromatic rings. The van der Waals surface area contributed by atoms with E-state index in [1.54, 1.807) is 55.5 Å². The number of rotatable bonds is 11. The molecule has 36 heavy (non-hydrogen) atoms. The van der Waals surface area contributed by atoms with E-state index in [1.165, 1.54) is 4.90 Å². The second-order valence-electron chi connectivity index (χ2n) is 9.01. The molecule has 0 radical (unpaired) electrons. The van der Waals surface area contributed by atoms with Crippen molar-refractivity contribution in [2.75, 3.05) is 23.7 Å². The van der Waals surface area contributed by atoms with Crippen LogP contribution in [0.4, 0.5) is 5.69 Å². The quantitative estimate of drug-likeness (QED) is 0.469. The van der Waals surface area contributed by atoms with Gasteiger partial charge in [0.05, 0.1) is 18.6 Å². The molecule has 2 aromatic carbocycles. The van der Waals surface area contributed by atoms with Crippen LogP contribution >= 0.6 is 11.6 Å². The zero-order valence-electron chi connectivity index (χ0n) is 20.9. The molecule has 0 heterocycles. The fourth-order valence-electron chi connectivity index (χ4n) is 4.25. The zero-order chi connectivity index (χ0) is 26.3. The highest BCUT2D eigenvalue weighted by atomic mass is 35.5. The van der Waals surface area contributed by atoms with E-state index in [0.717, 1.165) is 41.8 Å². The molecule has 1 atom stereocenters. The van der Waals surface area contributed by atoms with Gasteiger partial charge in [-0.05, 0) is 68.7 Å². The second-order valence-corrected chi connectivity index (χ2v) is 11.4. The van der Waals surface area contributed by atoms with Crippen LogP contribution < -0.4 is 14.4 Å². The number of sulfonamides is 1. The number of halogens is 1. The second kappa shape index (κ2) is 12.5. The molecule has 0 saturated heterocycles. The smallest absolute Gasteiger partial charge is 0.244 e. The Kier molecular flexibility index (Phi) is 9.62. The number of carbonyl (C=O) groups is 2. The van der Waals surface area contributed by atoms with Gasteiger partial charge in [0.25, 0.3) is 0 Å². The maximum absolute atomic E-state index is 13.6. The van der Waals surface area contributed by atoms with Gasteiger partial charge in [-0.2, -0.15) is 0 Å². The Hall–Kier alpha value is -2.78. The van der Waals surface area contributed by atoms with Crippen molar-refractivity contribution in [3.8, 4) is 5.75 Å². The van der Waals surface area contributed by atoms with Gasteiger partial charge in [0.2, 0.25) is 21.8 Å². The maximum Gasteiger partial charge on any atom is 0.244 e. The van der Waals surface area contributed by atoms with Crippen molar-refractivity contribution in [2.45, 2.75) is 58.2 Å². The topological polar surface area (TPSA) is 96.0 Å². The minimum Gasteiger partial charge on any atom is -0.494 e.